The SMILES string of the molecule is CC(C)[C@@H](C)C(=O)NC[C@@H]1OC(=O)N(c2ccc(Oc3ccc(Cl)cc3)cc2)[C@H]1c1ccccc1.CC(C)[C@@H](NC(=O)OC(C)(C)C)C(=O)O.NC[C@@H]1OC(=O)N(c2ccc(Oc3ccc(Cl)cc3)cc2)[C@H]1c1ccccc1. The van der Waals surface area contributed by atoms with Crippen LogP contribution in [0.5, 0.6) is 23.0 Å². The average molecular weight is 1110 g/mol. The smallest absolute Gasteiger partial charge is 0.415 e. The lowest BCUT2D eigenvalue weighted by atomic mass is 9.96. The molecule has 6 aromatic carbocycles. The first kappa shape index (κ1) is 59.5. The second-order valence-corrected chi connectivity index (χ2v) is 21.0. The van der Waals surface area contributed by atoms with Gasteiger partial charge in [-0.15, -0.1) is 0 Å². The van der Waals surface area contributed by atoms with Crippen molar-refractivity contribution in [3.05, 3.63) is 179 Å². The van der Waals surface area contributed by atoms with Crippen molar-refractivity contribution in [2.45, 2.75) is 91.3 Å². The molecular formula is C60H67Cl2N5O11. The number of alkyl carbamates (subject to hydrolysis) is 1. The number of ether oxygens (including phenoxy) is 5. The van der Waals surface area contributed by atoms with Crippen molar-refractivity contribution in [1.82, 2.24) is 10.6 Å². The molecule has 18 heteroatoms. The second-order valence-electron chi connectivity index (χ2n) is 20.1. The summed E-state index contributed by atoms with van der Waals surface area (Å²) in [5, 5.41) is 15.4. The standard InChI is InChI=1S/C28H29ClN2O4.C22H19ClN2O3.C10H19NO4/c1-18(2)19(3)27(32)30-17-25-26(20-7-5-4-6-8-20)31(28(33)35-25)22-11-15-24(16-12-22)34-23-13-9-21(29)10-14-23;23-16-6-10-18(11-7-16)27-19-12-8-17(9-13-19)25-21(15-4-2-1-3-5-15)20(14-24)28-22(25)26;1-6(2)7(8(12)13)11-9(14)15-10(3,4)5/h4-16,18-19,25-26H,17H2,1-3H3,(H,30,32);1-13,20-21H,14,24H2;6-7H,1-5H3,(H,11,14)(H,12,13)/t19-,25+,26+;20-,21-;7-/m101/s1. The first-order valence-electron chi connectivity index (χ1n) is 25.5. The molecule has 2 fully saturated rings. The van der Waals surface area contributed by atoms with Crippen LogP contribution >= 0.6 is 23.2 Å². The topological polar surface area (TPSA) is 208 Å². The highest BCUT2D eigenvalue weighted by Gasteiger charge is 2.45. The van der Waals surface area contributed by atoms with Crippen molar-refractivity contribution in [2.75, 3.05) is 22.9 Å². The minimum absolute atomic E-state index is 0.0509. The summed E-state index contributed by atoms with van der Waals surface area (Å²) in [5.74, 6) is 1.43. The van der Waals surface area contributed by atoms with Gasteiger partial charge in [0.25, 0.3) is 0 Å². The fourth-order valence-electron chi connectivity index (χ4n) is 8.19. The average Bonchev–Trinajstić information content (AvgIpc) is 4.07. The van der Waals surface area contributed by atoms with E-state index < -0.39 is 48.1 Å². The molecule has 0 bridgehead atoms. The van der Waals surface area contributed by atoms with Gasteiger partial charge in [0.15, 0.2) is 0 Å². The molecule has 2 saturated heterocycles. The Morgan fingerprint density at radius 3 is 1.35 bits per heavy atom. The molecular weight excluding hydrogens is 1040 g/mol. The molecule has 2 aliphatic rings. The molecule has 2 aliphatic heterocycles. The number of amides is 4. The van der Waals surface area contributed by atoms with E-state index >= 15 is 0 Å². The largest absolute Gasteiger partial charge is 0.480 e. The molecule has 0 radical (unpaired) electrons. The van der Waals surface area contributed by atoms with E-state index in [1.807, 2.05) is 118 Å². The highest BCUT2D eigenvalue weighted by atomic mass is 35.5. The fourth-order valence-corrected chi connectivity index (χ4v) is 8.44. The summed E-state index contributed by atoms with van der Waals surface area (Å²) in [6.45, 7) is 15.0. The van der Waals surface area contributed by atoms with Crippen molar-refractivity contribution in [1.29, 1.82) is 0 Å². The number of cyclic esters (lactones) is 2. The summed E-state index contributed by atoms with van der Waals surface area (Å²) in [7, 11) is 0. The lowest BCUT2D eigenvalue weighted by Gasteiger charge is -2.26. The fraction of sp³-hybridized carbons (Fsp3) is 0.317. The Kier molecular flexibility index (Phi) is 21.0. The number of carbonyl (C=O) groups is 5. The molecule has 16 nitrogen and oxygen atoms in total. The number of hydrogen-bond acceptors (Lipinski definition) is 11. The third kappa shape index (κ3) is 16.6. The Balaban J connectivity index is 0.000000205. The highest BCUT2D eigenvalue weighted by molar-refractivity contribution is 6.30. The van der Waals surface area contributed by atoms with Gasteiger partial charge in [-0.1, -0.05) is 118 Å². The number of carbonyl (C=O) groups excluding carboxylic acids is 4. The number of hydrogen-bond donors (Lipinski definition) is 4. The van der Waals surface area contributed by atoms with Gasteiger partial charge in [-0.05, 0) is 141 Å². The monoisotopic (exact) mass is 1100 g/mol. The number of benzene rings is 6. The maximum absolute atomic E-state index is 13.0. The van der Waals surface area contributed by atoms with Crippen LogP contribution in [0.25, 0.3) is 0 Å². The Morgan fingerprint density at radius 2 is 0.987 bits per heavy atom. The van der Waals surface area contributed by atoms with Crippen LogP contribution < -0.4 is 35.6 Å². The van der Waals surface area contributed by atoms with Gasteiger partial charge in [0.05, 0.1) is 6.54 Å². The number of anilines is 2. The van der Waals surface area contributed by atoms with Crippen LogP contribution in [0.3, 0.4) is 0 Å². The van der Waals surface area contributed by atoms with E-state index in [2.05, 4.69) is 10.6 Å². The predicted molar refractivity (Wildman–Crippen MR) is 301 cm³/mol. The molecule has 4 amide bonds. The lowest BCUT2D eigenvalue weighted by molar-refractivity contribution is -0.140. The van der Waals surface area contributed by atoms with Gasteiger partial charge in [0.1, 0.15) is 58.9 Å². The quantitative estimate of drug-likeness (QED) is 0.0668. The summed E-state index contributed by atoms with van der Waals surface area (Å²) < 4.78 is 27.9. The Hall–Kier alpha value is -7.79. The number of halogens is 2. The van der Waals surface area contributed by atoms with Crippen molar-refractivity contribution < 1.29 is 52.8 Å². The normalized spacial score (nSPS) is 17.6. The van der Waals surface area contributed by atoms with Gasteiger partial charge in [-0.25, -0.2) is 19.2 Å². The number of carboxylic acid groups (broad SMARTS) is 1. The highest BCUT2D eigenvalue weighted by Crippen LogP contribution is 2.40. The third-order valence-electron chi connectivity index (χ3n) is 12.5. The maximum Gasteiger partial charge on any atom is 0.415 e. The van der Waals surface area contributed by atoms with Crippen molar-refractivity contribution in [3.8, 4) is 23.0 Å². The van der Waals surface area contributed by atoms with E-state index in [-0.39, 0.29) is 48.8 Å². The van der Waals surface area contributed by atoms with Gasteiger partial charge in [0.2, 0.25) is 5.91 Å². The van der Waals surface area contributed by atoms with Gasteiger partial charge in [-0.3, -0.25) is 14.6 Å². The molecule has 0 unspecified atom stereocenters. The molecule has 78 heavy (non-hydrogen) atoms. The predicted octanol–water partition coefficient (Wildman–Crippen LogP) is 13.4. The van der Waals surface area contributed by atoms with Crippen LogP contribution in [0.2, 0.25) is 10.0 Å². The van der Waals surface area contributed by atoms with Crippen LogP contribution in [0.4, 0.5) is 25.8 Å². The minimum Gasteiger partial charge on any atom is -0.480 e. The number of rotatable bonds is 16. The summed E-state index contributed by atoms with van der Waals surface area (Å²) >= 11 is 11.8. The third-order valence-corrected chi connectivity index (χ3v) is 13.0. The van der Waals surface area contributed by atoms with Crippen molar-refractivity contribution >= 4 is 64.7 Å². The molecule has 5 N–H and O–H groups in total. The minimum atomic E-state index is -1.06. The zero-order valence-corrected chi connectivity index (χ0v) is 46.3. The number of carboxylic acids is 1. The number of aliphatic carboxylic acids is 1. The Morgan fingerprint density at radius 1 is 0.603 bits per heavy atom. The van der Waals surface area contributed by atoms with Crippen molar-refractivity contribution in [3.63, 3.8) is 0 Å². The molecule has 8 rings (SSSR count). The summed E-state index contributed by atoms with van der Waals surface area (Å²) in [6.07, 6.45) is -2.50. The van der Waals surface area contributed by atoms with Crippen LogP contribution in [0, 0.1) is 17.8 Å². The number of nitrogens with two attached hydrogens (primary N) is 1. The van der Waals surface area contributed by atoms with E-state index in [9.17, 15) is 24.0 Å². The molecule has 0 spiro atoms. The summed E-state index contributed by atoms with van der Waals surface area (Å²) in [5.41, 5.74) is 8.53. The van der Waals surface area contributed by atoms with E-state index in [1.54, 1.807) is 105 Å². The van der Waals surface area contributed by atoms with Gasteiger partial charge < -0.3 is 45.2 Å². The first-order chi connectivity index (χ1) is 37.1. The number of nitrogens with zero attached hydrogens (tertiary/aromatic N) is 2. The Labute approximate surface area is 465 Å². The van der Waals surface area contributed by atoms with Gasteiger partial charge >= 0.3 is 24.2 Å². The van der Waals surface area contributed by atoms with E-state index in [0.717, 1.165) is 16.8 Å². The molecule has 0 aliphatic carbocycles. The molecule has 2 heterocycles. The molecule has 412 valence electrons. The summed E-state index contributed by atoms with van der Waals surface area (Å²) in [6, 6.07) is 46.7. The van der Waals surface area contributed by atoms with E-state index in [1.165, 1.54) is 0 Å². The van der Waals surface area contributed by atoms with E-state index in [4.69, 9.17) is 57.7 Å². The molecule has 0 aromatic heterocycles. The zero-order chi connectivity index (χ0) is 56.7. The Bertz CT molecular complexity index is 2910. The molecule has 0 saturated carbocycles. The van der Waals surface area contributed by atoms with Crippen LogP contribution in [0.15, 0.2) is 158 Å². The maximum atomic E-state index is 13.0. The first-order valence-corrected chi connectivity index (χ1v) is 26.2. The second kappa shape index (κ2) is 27.5. The molecule has 6 atom stereocenters. The lowest BCUT2D eigenvalue weighted by Crippen LogP contribution is -2.46. The summed E-state index contributed by atoms with van der Waals surface area (Å²) in [4.78, 5) is 63.4. The van der Waals surface area contributed by atoms with E-state index in [0.29, 0.717) is 38.7 Å². The zero-order valence-electron chi connectivity index (χ0n) is 44.8. The van der Waals surface area contributed by atoms with Crippen LogP contribution in [-0.2, 0) is 23.8 Å². The van der Waals surface area contributed by atoms with Crippen molar-refractivity contribution in [2.24, 2.45) is 23.5 Å². The van der Waals surface area contributed by atoms with Gasteiger partial charge in [-0.2, -0.15) is 0 Å². The van der Waals surface area contributed by atoms with Crippen LogP contribution in [0.1, 0.15) is 78.6 Å². The van der Waals surface area contributed by atoms with Crippen LogP contribution in [-0.4, -0.2) is 72.2 Å². The molecule has 6 aromatic rings. The number of nitrogens with one attached hydrogen (secondary N) is 2. The van der Waals surface area contributed by atoms with Gasteiger partial charge in [0, 0.05) is 33.9 Å².